The van der Waals surface area contributed by atoms with Crippen molar-refractivity contribution in [1.29, 1.82) is 0 Å². The van der Waals surface area contributed by atoms with Crippen molar-refractivity contribution < 1.29 is 19.1 Å². The first-order valence-corrected chi connectivity index (χ1v) is 5.38. The quantitative estimate of drug-likeness (QED) is 0.594. The van der Waals surface area contributed by atoms with E-state index in [1.165, 1.54) is 0 Å². The highest BCUT2D eigenvalue weighted by molar-refractivity contribution is 6.30. The van der Waals surface area contributed by atoms with Gasteiger partial charge in [-0.3, -0.25) is 9.63 Å². The summed E-state index contributed by atoms with van der Waals surface area (Å²) >= 11 is 5.76. The highest BCUT2D eigenvalue weighted by Crippen LogP contribution is 2.16. The van der Waals surface area contributed by atoms with Crippen molar-refractivity contribution in [3.8, 4) is 5.75 Å². The van der Waals surface area contributed by atoms with Crippen LogP contribution in [-0.4, -0.2) is 32.8 Å². The second-order valence-electron chi connectivity index (χ2n) is 3.11. The molecule has 1 N–H and O–H groups in total. The Balaban J connectivity index is 2.19. The van der Waals surface area contributed by atoms with Crippen LogP contribution < -0.4 is 10.2 Å². The monoisotopic (exact) mass is 259 g/mol. The van der Waals surface area contributed by atoms with Crippen LogP contribution in [0.1, 0.15) is 0 Å². The van der Waals surface area contributed by atoms with E-state index in [1.807, 2.05) is 0 Å². The van der Waals surface area contributed by atoms with Crippen LogP contribution in [-0.2, 0) is 14.4 Å². The van der Waals surface area contributed by atoms with Gasteiger partial charge in [0.15, 0.2) is 6.61 Å². The number of methoxy groups -OCH3 is 1. The molecule has 1 rings (SSSR count). The van der Waals surface area contributed by atoms with Crippen LogP contribution in [0.3, 0.4) is 0 Å². The Labute approximate surface area is 105 Å². The summed E-state index contributed by atoms with van der Waals surface area (Å²) < 4.78 is 9.94. The molecule has 0 fully saturated rings. The van der Waals surface area contributed by atoms with Gasteiger partial charge in [-0.05, 0) is 18.2 Å². The van der Waals surface area contributed by atoms with Crippen LogP contribution in [0.5, 0.6) is 5.75 Å². The SMILES string of the molecule is COCCONC(=O)COc1cccc(Cl)c1. The summed E-state index contributed by atoms with van der Waals surface area (Å²) in [4.78, 5) is 16.0. The normalized spacial score (nSPS) is 10.0. The number of ether oxygens (including phenoxy) is 2. The highest BCUT2D eigenvalue weighted by atomic mass is 35.5. The molecule has 0 bridgehead atoms. The molecule has 0 spiro atoms. The number of nitrogens with one attached hydrogen (secondary N) is 1. The molecule has 17 heavy (non-hydrogen) atoms. The van der Waals surface area contributed by atoms with Crippen molar-refractivity contribution in [2.45, 2.75) is 0 Å². The smallest absolute Gasteiger partial charge is 0.281 e. The van der Waals surface area contributed by atoms with E-state index in [-0.39, 0.29) is 12.5 Å². The van der Waals surface area contributed by atoms with E-state index in [0.717, 1.165) is 0 Å². The van der Waals surface area contributed by atoms with Gasteiger partial charge >= 0.3 is 0 Å². The topological polar surface area (TPSA) is 56.8 Å². The molecule has 0 radical (unpaired) electrons. The van der Waals surface area contributed by atoms with E-state index in [4.69, 9.17) is 25.9 Å². The van der Waals surface area contributed by atoms with Crippen LogP contribution >= 0.6 is 11.6 Å². The maximum atomic E-state index is 11.2. The van der Waals surface area contributed by atoms with Gasteiger partial charge < -0.3 is 9.47 Å². The van der Waals surface area contributed by atoms with Gasteiger partial charge in [0.2, 0.25) is 0 Å². The third kappa shape index (κ3) is 6.11. The van der Waals surface area contributed by atoms with Crippen molar-refractivity contribution in [3.63, 3.8) is 0 Å². The van der Waals surface area contributed by atoms with Crippen molar-refractivity contribution in [2.24, 2.45) is 0 Å². The fraction of sp³-hybridized carbons (Fsp3) is 0.364. The number of benzene rings is 1. The molecule has 5 nitrogen and oxygen atoms in total. The molecule has 0 aliphatic rings. The number of carbonyl (C=O) groups is 1. The zero-order valence-corrected chi connectivity index (χ0v) is 10.2. The fourth-order valence-electron chi connectivity index (χ4n) is 0.992. The van der Waals surface area contributed by atoms with E-state index >= 15 is 0 Å². The van der Waals surface area contributed by atoms with Gasteiger partial charge in [0.25, 0.3) is 5.91 Å². The molecule has 0 aliphatic heterocycles. The molecule has 1 amide bonds. The first kappa shape index (κ1) is 13.8. The summed E-state index contributed by atoms with van der Waals surface area (Å²) in [5.41, 5.74) is 2.23. The van der Waals surface area contributed by atoms with Crippen LogP contribution in [0.4, 0.5) is 0 Å². The van der Waals surface area contributed by atoms with Crippen LogP contribution in [0.25, 0.3) is 0 Å². The van der Waals surface area contributed by atoms with Crippen LogP contribution in [0, 0.1) is 0 Å². The summed E-state index contributed by atoms with van der Waals surface area (Å²) in [6.07, 6.45) is 0. The minimum Gasteiger partial charge on any atom is -0.484 e. The fourth-order valence-corrected chi connectivity index (χ4v) is 1.17. The van der Waals surface area contributed by atoms with Crippen molar-refractivity contribution in [1.82, 2.24) is 5.48 Å². The number of hydrogen-bond acceptors (Lipinski definition) is 4. The Morgan fingerprint density at radius 1 is 1.41 bits per heavy atom. The predicted molar refractivity (Wildman–Crippen MR) is 62.9 cm³/mol. The predicted octanol–water partition coefficient (Wildman–Crippen LogP) is 1.41. The largest absolute Gasteiger partial charge is 0.484 e. The molecule has 0 saturated heterocycles. The average molecular weight is 260 g/mol. The molecule has 1 aromatic carbocycles. The molecule has 0 unspecified atom stereocenters. The molecule has 0 atom stereocenters. The van der Waals surface area contributed by atoms with E-state index in [1.54, 1.807) is 31.4 Å². The minimum absolute atomic E-state index is 0.132. The maximum Gasteiger partial charge on any atom is 0.281 e. The number of hydroxylamine groups is 1. The van der Waals surface area contributed by atoms with Crippen LogP contribution in [0.15, 0.2) is 24.3 Å². The third-order valence-corrected chi connectivity index (χ3v) is 1.98. The van der Waals surface area contributed by atoms with Gasteiger partial charge in [0.05, 0.1) is 13.2 Å². The molecular weight excluding hydrogens is 246 g/mol. The van der Waals surface area contributed by atoms with Gasteiger partial charge in [0.1, 0.15) is 5.75 Å². The van der Waals surface area contributed by atoms with Gasteiger partial charge in [-0.1, -0.05) is 17.7 Å². The molecule has 94 valence electrons. The van der Waals surface area contributed by atoms with E-state index in [9.17, 15) is 4.79 Å². The Hall–Kier alpha value is -1.30. The number of halogens is 1. The molecule has 0 saturated carbocycles. The first-order chi connectivity index (χ1) is 8.22. The second-order valence-corrected chi connectivity index (χ2v) is 3.55. The summed E-state index contributed by atoms with van der Waals surface area (Å²) in [7, 11) is 1.55. The van der Waals surface area contributed by atoms with E-state index < -0.39 is 0 Å². The lowest BCUT2D eigenvalue weighted by molar-refractivity contribution is -0.136. The van der Waals surface area contributed by atoms with Crippen molar-refractivity contribution >= 4 is 17.5 Å². The third-order valence-electron chi connectivity index (χ3n) is 1.74. The zero-order chi connectivity index (χ0) is 12.5. The van der Waals surface area contributed by atoms with E-state index in [2.05, 4.69) is 5.48 Å². The van der Waals surface area contributed by atoms with Crippen LogP contribution in [0.2, 0.25) is 5.02 Å². The lowest BCUT2D eigenvalue weighted by Crippen LogP contribution is -2.30. The Morgan fingerprint density at radius 3 is 2.94 bits per heavy atom. The molecule has 0 aliphatic carbocycles. The number of amides is 1. The summed E-state index contributed by atoms with van der Waals surface area (Å²) in [6.45, 7) is 0.572. The molecule has 1 aromatic rings. The van der Waals surface area contributed by atoms with Gasteiger partial charge in [-0.2, -0.15) is 0 Å². The molecule has 0 aromatic heterocycles. The summed E-state index contributed by atoms with van der Waals surface area (Å²) in [5, 5.41) is 0.555. The van der Waals surface area contributed by atoms with Gasteiger partial charge in [-0.25, -0.2) is 5.48 Å². The van der Waals surface area contributed by atoms with E-state index in [0.29, 0.717) is 24.0 Å². The summed E-state index contributed by atoms with van der Waals surface area (Å²) in [6, 6.07) is 6.80. The Bertz CT molecular complexity index is 359. The zero-order valence-electron chi connectivity index (χ0n) is 9.44. The Kier molecular flexibility index (Phi) is 6.39. The summed E-state index contributed by atoms with van der Waals surface area (Å²) in [5.74, 6) is 0.158. The van der Waals surface area contributed by atoms with Gasteiger partial charge in [0, 0.05) is 12.1 Å². The number of rotatable bonds is 7. The molecular formula is C11H14ClNO4. The average Bonchev–Trinajstić information content (AvgIpc) is 2.32. The van der Waals surface area contributed by atoms with Crippen molar-refractivity contribution in [3.05, 3.63) is 29.3 Å². The number of hydrogen-bond donors (Lipinski definition) is 1. The Morgan fingerprint density at radius 2 is 2.24 bits per heavy atom. The standard InChI is InChI=1S/C11H14ClNO4/c1-15-5-6-17-13-11(14)8-16-10-4-2-3-9(12)7-10/h2-4,7H,5-6,8H2,1H3,(H,13,14). The molecule has 6 heteroatoms. The lowest BCUT2D eigenvalue weighted by Gasteiger charge is -2.07. The number of carbonyl (C=O) groups excluding carboxylic acids is 1. The maximum absolute atomic E-state index is 11.2. The highest BCUT2D eigenvalue weighted by Gasteiger charge is 2.02. The molecule has 0 heterocycles. The lowest BCUT2D eigenvalue weighted by atomic mass is 10.3. The second kappa shape index (κ2) is 7.89. The van der Waals surface area contributed by atoms with Crippen molar-refractivity contribution in [2.75, 3.05) is 26.9 Å². The minimum atomic E-state index is -0.374. The van der Waals surface area contributed by atoms with Gasteiger partial charge in [-0.15, -0.1) is 0 Å². The first-order valence-electron chi connectivity index (χ1n) is 5.00.